The SMILES string of the molecule is C=N/C(=N\C(=N/CCl)c1ccc(-c2c(C)cc(C)cc2C)cc1)c1ccc(-c2c(C)cc(C)cc2C)cc1. The minimum absolute atomic E-state index is 0.103. The second-order valence-corrected chi connectivity index (χ2v) is 10.1. The van der Waals surface area contributed by atoms with Gasteiger partial charge in [0, 0.05) is 11.1 Å². The van der Waals surface area contributed by atoms with Crippen LogP contribution in [0.1, 0.15) is 44.5 Å². The standard InChI is InChI=1S/C34H34ClN3/c1-21-16-23(3)31(24(4)17-21)27-8-12-29(13-9-27)33(36-7)38-34(37-20-35)30-14-10-28(11-15-30)32-25(5)18-22(2)19-26(32)6/h8-19H,7,20H2,1-6H3/b37-34-,38-33-. The zero-order valence-corrected chi connectivity index (χ0v) is 23.8. The van der Waals surface area contributed by atoms with E-state index >= 15 is 0 Å². The van der Waals surface area contributed by atoms with Gasteiger partial charge in [-0.15, -0.1) is 11.6 Å². The second-order valence-electron chi connectivity index (χ2n) is 9.90. The predicted octanol–water partition coefficient (Wildman–Crippen LogP) is 8.96. The average Bonchev–Trinajstić information content (AvgIpc) is 2.86. The first-order chi connectivity index (χ1) is 18.2. The van der Waals surface area contributed by atoms with Crippen LogP contribution in [0.25, 0.3) is 22.3 Å². The fourth-order valence-electron chi connectivity index (χ4n) is 5.38. The first-order valence-electron chi connectivity index (χ1n) is 12.7. The molecule has 0 aromatic heterocycles. The number of aliphatic imine (C=N–C) groups is 3. The number of halogens is 1. The van der Waals surface area contributed by atoms with E-state index in [1.54, 1.807) is 0 Å². The van der Waals surface area contributed by atoms with Crippen LogP contribution in [0.4, 0.5) is 0 Å². The van der Waals surface area contributed by atoms with Crippen molar-refractivity contribution in [2.45, 2.75) is 41.5 Å². The van der Waals surface area contributed by atoms with Gasteiger partial charge in [-0.3, -0.25) is 0 Å². The zero-order valence-electron chi connectivity index (χ0n) is 23.1. The van der Waals surface area contributed by atoms with Gasteiger partial charge in [-0.2, -0.15) is 0 Å². The highest BCUT2D eigenvalue weighted by Gasteiger charge is 2.12. The Bertz CT molecular complexity index is 1500. The molecule has 192 valence electrons. The molecule has 0 heterocycles. The third-order valence-electron chi connectivity index (χ3n) is 6.79. The van der Waals surface area contributed by atoms with Crippen LogP contribution in [0, 0.1) is 41.5 Å². The first kappa shape index (κ1) is 27.2. The van der Waals surface area contributed by atoms with Gasteiger partial charge in [-0.25, -0.2) is 15.0 Å². The molecule has 0 saturated heterocycles. The molecule has 0 aliphatic rings. The number of nitrogens with zero attached hydrogens (tertiary/aromatic N) is 3. The van der Waals surface area contributed by atoms with Crippen molar-refractivity contribution in [2.75, 3.05) is 6.00 Å². The quantitative estimate of drug-likeness (QED) is 0.109. The summed E-state index contributed by atoms with van der Waals surface area (Å²) in [6, 6.07) is 25.6. The molecule has 0 radical (unpaired) electrons. The smallest absolute Gasteiger partial charge is 0.161 e. The Balaban J connectivity index is 1.66. The van der Waals surface area contributed by atoms with Gasteiger partial charge in [0.2, 0.25) is 0 Å². The fraction of sp³-hybridized carbons (Fsp3) is 0.206. The Morgan fingerprint density at radius 1 is 0.605 bits per heavy atom. The lowest BCUT2D eigenvalue weighted by molar-refractivity contribution is 1.31. The highest BCUT2D eigenvalue weighted by Crippen LogP contribution is 2.30. The lowest BCUT2D eigenvalue weighted by Gasteiger charge is -2.13. The van der Waals surface area contributed by atoms with Crippen molar-refractivity contribution in [1.29, 1.82) is 0 Å². The Morgan fingerprint density at radius 3 is 1.32 bits per heavy atom. The van der Waals surface area contributed by atoms with Crippen molar-refractivity contribution in [3.8, 4) is 22.3 Å². The summed E-state index contributed by atoms with van der Waals surface area (Å²) >= 11 is 6.03. The van der Waals surface area contributed by atoms with E-state index < -0.39 is 0 Å². The van der Waals surface area contributed by atoms with E-state index in [-0.39, 0.29) is 6.00 Å². The van der Waals surface area contributed by atoms with E-state index in [4.69, 9.17) is 16.6 Å². The Hall–Kier alpha value is -3.82. The fourth-order valence-corrected chi connectivity index (χ4v) is 5.50. The van der Waals surface area contributed by atoms with Gasteiger partial charge in [0.15, 0.2) is 11.7 Å². The van der Waals surface area contributed by atoms with Gasteiger partial charge in [-0.1, -0.05) is 83.9 Å². The van der Waals surface area contributed by atoms with Crippen molar-refractivity contribution in [3.63, 3.8) is 0 Å². The largest absolute Gasteiger partial charge is 0.250 e. The van der Waals surface area contributed by atoms with Crippen LogP contribution in [0.5, 0.6) is 0 Å². The molecule has 0 aliphatic carbocycles. The van der Waals surface area contributed by atoms with E-state index in [1.165, 1.54) is 50.1 Å². The summed E-state index contributed by atoms with van der Waals surface area (Å²) in [5, 5.41) is 0. The number of benzene rings is 4. The molecule has 4 aromatic carbocycles. The Labute approximate surface area is 231 Å². The molecule has 3 nitrogen and oxygen atoms in total. The van der Waals surface area contributed by atoms with Gasteiger partial charge in [0.05, 0.1) is 0 Å². The minimum Gasteiger partial charge on any atom is -0.250 e. The molecular weight excluding hydrogens is 486 g/mol. The van der Waals surface area contributed by atoms with Crippen molar-refractivity contribution in [3.05, 3.63) is 117 Å². The molecule has 0 aliphatic heterocycles. The van der Waals surface area contributed by atoms with Crippen LogP contribution in [-0.4, -0.2) is 24.4 Å². The van der Waals surface area contributed by atoms with E-state index in [9.17, 15) is 0 Å². The second kappa shape index (κ2) is 11.7. The maximum atomic E-state index is 6.03. The van der Waals surface area contributed by atoms with E-state index in [2.05, 4.69) is 107 Å². The number of aryl methyl sites for hydroxylation is 6. The summed E-state index contributed by atoms with van der Waals surface area (Å²) in [5.74, 6) is 1.03. The van der Waals surface area contributed by atoms with Crippen molar-refractivity contribution >= 4 is 30.0 Å². The Morgan fingerprint density at radius 2 is 0.974 bits per heavy atom. The highest BCUT2D eigenvalue weighted by molar-refractivity contribution is 6.19. The molecule has 0 bridgehead atoms. The van der Waals surface area contributed by atoms with Crippen LogP contribution in [0.2, 0.25) is 0 Å². The zero-order chi connectivity index (χ0) is 27.4. The lowest BCUT2D eigenvalue weighted by Crippen LogP contribution is -2.05. The van der Waals surface area contributed by atoms with Gasteiger partial charge < -0.3 is 0 Å². The third-order valence-corrected chi connectivity index (χ3v) is 6.91. The molecule has 4 rings (SSSR count). The molecule has 0 unspecified atom stereocenters. The molecular formula is C34H34ClN3. The summed E-state index contributed by atoms with van der Waals surface area (Å²) in [5.41, 5.74) is 14.2. The van der Waals surface area contributed by atoms with Gasteiger partial charge in [0.25, 0.3) is 0 Å². The number of amidine groups is 2. The average molecular weight is 520 g/mol. The first-order valence-corrected chi connectivity index (χ1v) is 13.3. The summed E-state index contributed by atoms with van der Waals surface area (Å²) in [7, 11) is 0. The molecule has 0 amide bonds. The van der Waals surface area contributed by atoms with Crippen LogP contribution in [0.15, 0.2) is 87.8 Å². The normalized spacial score (nSPS) is 12.1. The van der Waals surface area contributed by atoms with Gasteiger partial charge in [0.1, 0.15) is 6.00 Å². The van der Waals surface area contributed by atoms with Crippen LogP contribution in [-0.2, 0) is 0 Å². The predicted molar refractivity (Wildman–Crippen MR) is 166 cm³/mol. The maximum Gasteiger partial charge on any atom is 0.161 e. The van der Waals surface area contributed by atoms with E-state index in [0.29, 0.717) is 11.7 Å². The lowest BCUT2D eigenvalue weighted by atomic mass is 9.93. The van der Waals surface area contributed by atoms with Crippen LogP contribution in [0.3, 0.4) is 0 Å². The van der Waals surface area contributed by atoms with E-state index in [1.807, 2.05) is 24.3 Å². The third kappa shape index (κ3) is 5.84. The number of rotatable bonds is 5. The molecule has 4 heteroatoms. The number of hydrogen-bond acceptors (Lipinski definition) is 1. The molecule has 0 spiro atoms. The van der Waals surface area contributed by atoms with Crippen LogP contribution < -0.4 is 0 Å². The molecule has 0 atom stereocenters. The topological polar surface area (TPSA) is 37.1 Å². The summed E-state index contributed by atoms with van der Waals surface area (Å²) in [6.45, 7) is 16.7. The molecule has 0 saturated carbocycles. The van der Waals surface area contributed by atoms with Gasteiger partial charge in [-0.05, 0) is 92.8 Å². The number of hydrogen-bond donors (Lipinski definition) is 0. The minimum atomic E-state index is 0.103. The van der Waals surface area contributed by atoms with Crippen molar-refractivity contribution in [1.82, 2.24) is 0 Å². The van der Waals surface area contributed by atoms with Crippen LogP contribution >= 0.6 is 11.6 Å². The summed E-state index contributed by atoms with van der Waals surface area (Å²) < 4.78 is 0. The molecule has 0 fully saturated rings. The number of alkyl halides is 1. The van der Waals surface area contributed by atoms with Crippen molar-refractivity contribution < 1.29 is 0 Å². The van der Waals surface area contributed by atoms with Crippen molar-refractivity contribution in [2.24, 2.45) is 15.0 Å². The Kier molecular flexibility index (Phi) is 8.38. The van der Waals surface area contributed by atoms with E-state index in [0.717, 1.165) is 16.7 Å². The maximum absolute atomic E-state index is 6.03. The summed E-state index contributed by atoms with van der Waals surface area (Å²) in [4.78, 5) is 13.5. The molecule has 38 heavy (non-hydrogen) atoms. The van der Waals surface area contributed by atoms with Gasteiger partial charge >= 0.3 is 0 Å². The monoisotopic (exact) mass is 519 g/mol. The molecule has 4 aromatic rings. The summed E-state index contributed by atoms with van der Waals surface area (Å²) in [6.07, 6.45) is 0. The molecule has 0 N–H and O–H groups in total. The highest BCUT2D eigenvalue weighted by atomic mass is 35.5.